The van der Waals surface area contributed by atoms with Crippen LogP contribution in [0.5, 0.6) is 0 Å². The van der Waals surface area contributed by atoms with E-state index in [-0.39, 0.29) is 6.10 Å². The first-order chi connectivity index (χ1) is 8.25. The van der Waals surface area contributed by atoms with Crippen LogP contribution in [0.3, 0.4) is 0 Å². The largest absolute Gasteiger partial charge is 0.387 e. The monoisotopic (exact) mass is 270 g/mol. The molecular formula is C12H18N2OS2. The van der Waals surface area contributed by atoms with E-state index in [0.29, 0.717) is 6.04 Å². The van der Waals surface area contributed by atoms with Gasteiger partial charge in [-0.3, -0.25) is 4.90 Å². The van der Waals surface area contributed by atoms with E-state index in [9.17, 15) is 5.11 Å². The van der Waals surface area contributed by atoms with E-state index >= 15 is 0 Å². The molecule has 1 N–H and O–H groups in total. The standard InChI is InChI=1S/C12H18N2OS2/c1-14-5-6-16-7-8(14)12-13-11-9(15)3-2-4-10(11)17-12/h8-9,15H,2-7H2,1H3. The zero-order chi connectivity index (χ0) is 11.8. The van der Waals surface area contributed by atoms with Crippen LogP contribution in [0.15, 0.2) is 0 Å². The van der Waals surface area contributed by atoms with Crippen molar-refractivity contribution in [2.75, 3.05) is 25.1 Å². The van der Waals surface area contributed by atoms with E-state index in [1.807, 2.05) is 23.1 Å². The lowest BCUT2D eigenvalue weighted by Crippen LogP contribution is -2.32. The number of hydrogen-bond donors (Lipinski definition) is 1. The van der Waals surface area contributed by atoms with Gasteiger partial charge in [0.1, 0.15) is 5.01 Å². The zero-order valence-electron chi connectivity index (χ0n) is 10.1. The molecule has 0 bridgehead atoms. The van der Waals surface area contributed by atoms with Gasteiger partial charge in [0.2, 0.25) is 0 Å². The molecule has 1 aliphatic heterocycles. The van der Waals surface area contributed by atoms with Gasteiger partial charge in [0.05, 0.1) is 17.8 Å². The molecule has 0 aromatic carbocycles. The first-order valence-corrected chi connectivity index (χ1v) is 8.18. The molecule has 2 unspecified atom stereocenters. The highest BCUT2D eigenvalue weighted by Crippen LogP contribution is 2.38. The van der Waals surface area contributed by atoms with Crippen LogP contribution in [0, 0.1) is 0 Å². The summed E-state index contributed by atoms with van der Waals surface area (Å²) < 4.78 is 0. The Bertz CT molecular complexity index is 407. The second kappa shape index (κ2) is 4.88. The Balaban J connectivity index is 1.88. The number of aliphatic hydroxyl groups excluding tert-OH is 1. The maximum Gasteiger partial charge on any atom is 0.111 e. The zero-order valence-corrected chi connectivity index (χ0v) is 11.7. The minimum Gasteiger partial charge on any atom is -0.387 e. The average Bonchev–Trinajstić information content (AvgIpc) is 2.75. The number of thioether (sulfide) groups is 1. The summed E-state index contributed by atoms with van der Waals surface area (Å²) in [5.74, 6) is 2.36. The summed E-state index contributed by atoms with van der Waals surface area (Å²) in [6, 6.07) is 0.455. The first-order valence-electron chi connectivity index (χ1n) is 6.21. The van der Waals surface area contributed by atoms with Crippen molar-refractivity contribution < 1.29 is 5.11 Å². The van der Waals surface area contributed by atoms with Crippen molar-refractivity contribution in [1.29, 1.82) is 0 Å². The van der Waals surface area contributed by atoms with Crippen molar-refractivity contribution in [1.82, 2.24) is 9.88 Å². The van der Waals surface area contributed by atoms with Gasteiger partial charge >= 0.3 is 0 Å². The summed E-state index contributed by atoms with van der Waals surface area (Å²) in [4.78, 5) is 8.44. The Hall–Kier alpha value is -0.100. The van der Waals surface area contributed by atoms with Crippen LogP contribution in [0.4, 0.5) is 0 Å². The summed E-state index contributed by atoms with van der Waals surface area (Å²) in [5.41, 5.74) is 0.972. The van der Waals surface area contributed by atoms with Gasteiger partial charge < -0.3 is 5.11 Å². The predicted octanol–water partition coefficient (Wildman–Crippen LogP) is 2.23. The third-order valence-corrected chi connectivity index (χ3v) is 5.88. The van der Waals surface area contributed by atoms with Crippen molar-refractivity contribution >= 4 is 23.1 Å². The van der Waals surface area contributed by atoms with E-state index in [0.717, 1.165) is 37.3 Å². The Morgan fingerprint density at radius 3 is 3.12 bits per heavy atom. The molecule has 1 aromatic rings. The molecule has 1 saturated heterocycles. The molecule has 0 radical (unpaired) electrons. The van der Waals surface area contributed by atoms with Gasteiger partial charge in [-0.25, -0.2) is 4.98 Å². The van der Waals surface area contributed by atoms with Crippen LogP contribution >= 0.6 is 23.1 Å². The third-order valence-electron chi connectivity index (χ3n) is 3.62. The van der Waals surface area contributed by atoms with Gasteiger partial charge in [0.25, 0.3) is 0 Å². The molecular weight excluding hydrogens is 252 g/mol. The molecule has 0 spiro atoms. The molecule has 3 nitrogen and oxygen atoms in total. The third kappa shape index (κ3) is 2.26. The van der Waals surface area contributed by atoms with E-state index in [2.05, 4.69) is 11.9 Å². The number of rotatable bonds is 1. The second-order valence-electron chi connectivity index (χ2n) is 4.84. The van der Waals surface area contributed by atoms with Crippen molar-refractivity contribution in [2.45, 2.75) is 31.4 Å². The molecule has 1 aromatic heterocycles. The van der Waals surface area contributed by atoms with Gasteiger partial charge in [-0.2, -0.15) is 11.8 Å². The van der Waals surface area contributed by atoms with Crippen molar-refractivity contribution in [3.8, 4) is 0 Å². The lowest BCUT2D eigenvalue weighted by Gasteiger charge is -2.30. The number of hydrogen-bond acceptors (Lipinski definition) is 5. The van der Waals surface area contributed by atoms with Gasteiger partial charge in [-0.05, 0) is 26.3 Å². The fourth-order valence-corrected chi connectivity index (χ4v) is 5.16. The fourth-order valence-electron chi connectivity index (χ4n) is 2.50. The molecule has 17 heavy (non-hydrogen) atoms. The molecule has 5 heteroatoms. The minimum atomic E-state index is -0.315. The quantitative estimate of drug-likeness (QED) is 0.849. The summed E-state index contributed by atoms with van der Waals surface area (Å²) in [7, 11) is 2.18. The Kier molecular flexibility index (Phi) is 3.43. The average molecular weight is 270 g/mol. The van der Waals surface area contributed by atoms with Crippen LogP contribution in [0.2, 0.25) is 0 Å². The fraction of sp³-hybridized carbons (Fsp3) is 0.750. The maximum atomic E-state index is 9.96. The van der Waals surface area contributed by atoms with Gasteiger partial charge in [-0.15, -0.1) is 11.3 Å². The lowest BCUT2D eigenvalue weighted by molar-refractivity contribution is 0.152. The predicted molar refractivity (Wildman–Crippen MR) is 72.7 cm³/mol. The van der Waals surface area contributed by atoms with Crippen molar-refractivity contribution in [2.24, 2.45) is 0 Å². The van der Waals surface area contributed by atoms with Gasteiger partial charge in [0.15, 0.2) is 0 Å². The number of fused-ring (bicyclic) bond motifs is 1. The molecule has 2 atom stereocenters. The molecule has 2 aliphatic rings. The topological polar surface area (TPSA) is 36.4 Å². The first kappa shape index (κ1) is 12.0. The molecule has 1 aliphatic carbocycles. The molecule has 0 saturated carbocycles. The van der Waals surface area contributed by atoms with Gasteiger partial charge in [-0.1, -0.05) is 0 Å². The Morgan fingerprint density at radius 1 is 1.47 bits per heavy atom. The Labute approximate surface area is 110 Å². The number of aliphatic hydroxyl groups is 1. The van der Waals surface area contributed by atoms with Crippen LogP contribution in [-0.2, 0) is 6.42 Å². The number of aromatic nitrogens is 1. The molecule has 94 valence electrons. The highest BCUT2D eigenvalue weighted by atomic mass is 32.2. The summed E-state index contributed by atoms with van der Waals surface area (Å²) in [6.45, 7) is 1.14. The smallest absolute Gasteiger partial charge is 0.111 e. The maximum absolute atomic E-state index is 9.96. The Morgan fingerprint density at radius 2 is 2.35 bits per heavy atom. The SMILES string of the molecule is CN1CCSCC1c1nc2c(s1)CCCC2O. The van der Waals surface area contributed by atoms with Crippen LogP contribution in [0.25, 0.3) is 0 Å². The van der Waals surface area contributed by atoms with E-state index in [1.54, 1.807) is 0 Å². The summed E-state index contributed by atoms with van der Waals surface area (Å²) in [5, 5.41) is 11.2. The van der Waals surface area contributed by atoms with E-state index < -0.39 is 0 Å². The molecule has 0 amide bonds. The molecule has 1 fully saturated rings. The van der Waals surface area contributed by atoms with Gasteiger partial charge in [0, 0.05) is 22.9 Å². The van der Waals surface area contributed by atoms with Crippen molar-refractivity contribution in [3.05, 3.63) is 15.6 Å². The molecule has 3 rings (SSSR count). The minimum absolute atomic E-state index is 0.315. The van der Waals surface area contributed by atoms with E-state index in [1.165, 1.54) is 15.6 Å². The number of nitrogens with zero attached hydrogens (tertiary/aromatic N) is 2. The van der Waals surface area contributed by atoms with E-state index in [4.69, 9.17) is 4.98 Å². The second-order valence-corrected chi connectivity index (χ2v) is 7.10. The number of thiazole rings is 1. The summed E-state index contributed by atoms with van der Waals surface area (Å²) in [6.07, 6.45) is 2.77. The lowest BCUT2D eigenvalue weighted by atomic mass is 10.0. The van der Waals surface area contributed by atoms with Crippen molar-refractivity contribution in [3.63, 3.8) is 0 Å². The normalized spacial score (nSPS) is 30.2. The van der Waals surface area contributed by atoms with Crippen LogP contribution < -0.4 is 0 Å². The summed E-state index contributed by atoms with van der Waals surface area (Å²) >= 11 is 3.83. The number of aryl methyl sites for hydroxylation is 1. The highest BCUT2D eigenvalue weighted by molar-refractivity contribution is 7.99. The highest BCUT2D eigenvalue weighted by Gasteiger charge is 2.28. The molecule has 2 heterocycles. The van der Waals surface area contributed by atoms with Crippen LogP contribution in [0.1, 0.15) is 40.6 Å². The van der Waals surface area contributed by atoms with Crippen LogP contribution in [-0.4, -0.2) is 40.1 Å².